The first-order valence-electron chi connectivity index (χ1n) is 10.8. The van der Waals surface area contributed by atoms with Crippen LogP contribution in [-0.4, -0.2) is 56.1 Å². The highest BCUT2D eigenvalue weighted by molar-refractivity contribution is 5.77. The summed E-state index contributed by atoms with van der Waals surface area (Å²) in [6.45, 7) is 4.04. The number of carbonyl (C=O) groups is 2. The number of amides is 2. The van der Waals surface area contributed by atoms with Gasteiger partial charge in [-0.3, -0.25) is 9.59 Å². The Labute approximate surface area is 171 Å². The highest BCUT2D eigenvalue weighted by atomic mass is 16.2. The van der Waals surface area contributed by atoms with Gasteiger partial charge in [0.25, 0.3) is 0 Å². The first-order valence-corrected chi connectivity index (χ1v) is 10.8. The van der Waals surface area contributed by atoms with Crippen LogP contribution in [0.1, 0.15) is 63.5 Å². The van der Waals surface area contributed by atoms with Crippen molar-refractivity contribution < 1.29 is 9.59 Å². The molecule has 1 saturated heterocycles. The fourth-order valence-corrected chi connectivity index (χ4v) is 4.69. The highest BCUT2D eigenvalue weighted by Gasteiger charge is 2.31. The summed E-state index contributed by atoms with van der Waals surface area (Å²) < 4.78 is 1.82. The number of carbonyl (C=O) groups excluding carboxylic acids is 2. The molecule has 2 amide bonds. The molecule has 2 aliphatic rings. The summed E-state index contributed by atoms with van der Waals surface area (Å²) in [4.78, 5) is 34.8. The molecule has 1 N–H and O–H groups in total. The van der Waals surface area contributed by atoms with Crippen LogP contribution >= 0.6 is 0 Å². The molecule has 1 aliphatic heterocycles. The number of rotatable bonds is 7. The second-order valence-corrected chi connectivity index (χ2v) is 8.33. The van der Waals surface area contributed by atoms with E-state index in [9.17, 15) is 9.59 Å². The molecule has 0 aromatic carbocycles. The quantitative estimate of drug-likeness (QED) is 0.772. The number of hydrogen-bond acceptors (Lipinski definition) is 5. The van der Waals surface area contributed by atoms with Crippen molar-refractivity contribution in [2.45, 2.75) is 64.3 Å². The zero-order valence-electron chi connectivity index (χ0n) is 17.1. The van der Waals surface area contributed by atoms with E-state index in [1.54, 1.807) is 12.4 Å². The molecule has 2 fully saturated rings. The molecule has 0 radical (unpaired) electrons. The molecule has 1 aliphatic carbocycles. The van der Waals surface area contributed by atoms with Crippen LogP contribution in [0.5, 0.6) is 0 Å². The van der Waals surface area contributed by atoms with Gasteiger partial charge in [-0.25, -0.2) is 14.6 Å². The van der Waals surface area contributed by atoms with Gasteiger partial charge in [0.15, 0.2) is 5.65 Å². The van der Waals surface area contributed by atoms with Gasteiger partial charge in [0, 0.05) is 51.3 Å². The van der Waals surface area contributed by atoms with Gasteiger partial charge in [0.2, 0.25) is 11.8 Å². The Balaban J connectivity index is 1.41. The molecule has 1 atom stereocenters. The Morgan fingerprint density at radius 2 is 1.97 bits per heavy atom. The average molecular weight is 399 g/mol. The zero-order valence-corrected chi connectivity index (χ0v) is 17.1. The summed E-state index contributed by atoms with van der Waals surface area (Å²) in [6.07, 6.45) is 11.2. The fraction of sp³-hybridized carbons (Fsp3) is 0.667. The van der Waals surface area contributed by atoms with Gasteiger partial charge in [0.1, 0.15) is 5.52 Å². The number of nitrogens with zero attached hydrogens (tertiary/aromatic N) is 5. The average Bonchev–Trinajstić information content (AvgIpc) is 3.46. The van der Waals surface area contributed by atoms with Crippen molar-refractivity contribution in [1.29, 1.82) is 0 Å². The molecule has 8 heteroatoms. The van der Waals surface area contributed by atoms with Crippen molar-refractivity contribution in [1.82, 2.24) is 30.0 Å². The van der Waals surface area contributed by atoms with Gasteiger partial charge in [0.05, 0.1) is 12.2 Å². The summed E-state index contributed by atoms with van der Waals surface area (Å²) in [7, 11) is 0. The lowest BCUT2D eigenvalue weighted by molar-refractivity contribution is -0.130. The Bertz CT molecular complexity index is 873. The lowest BCUT2D eigenvalue weighted by Gasteiger charge is -2.17. The van der Waals surface area contributed by atoms with E-state index in [1.165, 1.54) is 32.6 Å². The van der Waals surface area contributed by atoms with Gasteiger partial charge in [-0.1, -0.05) is 25.7 Å². The van der Waals surface area contributed by atoms with Crippen LogP contribution < -0.4 is 5.32 Å². The van der Waals surface area contributed by atoms with Crippen LogP contribution in [0.25, 0.3) is 11.2 Å². The topological polar surface area (TPSA) is 93.0 Å². The number of fused-ring (bicyclic) bond motifs is 1. The maximum Gasteiger partial charge on any atom is 0.222 e. The summed E-state index contributed by atoms with van der Waals surface area (Å²) in [6, 6.07) is 0. The van der Waals surface area contributed by atoms with Gasteiger partial charge in [-0.05, 0) is 18.8 Å². The van der Waals surface area contributed by atoms with Gasteiger partial charge < -0.3 is 10.2 Å². The molecule has 1 saturated carbocycles. The van der Waals surface area contributed by atoms with E-state index in [4.69, 9.17) is 5.10 Å². The maximum absolute atomic E-state index is 12.7. The van der Waals surface area contributed by atoms with Gasteiger partial charge in [-0.2, -0.15) is 5.10 Å². The minimum Gasteiger partial charge on any atom is -0.354 e. The second-order valence-electron chi connectivity index (χ2n) is 8.33. The molecule has 2 aromatic rings. The third-order valence-electron chi connectivity index (χ3n) is 6.26. The van der Waals surface area contributed by atoms with Crippen molar-refractivity contribution in [2.24, 2.45) is 5.92 Å². The molecule has 0 unspecified atom stereocenters. The standard InChI is InChI=1S/C21H30N6O2/c1-15(28)22-11-13-27-21-20(23-9-10-24-21)19(25-27)17-8-12-26(14-17)18(29)7-6-16-4-2-3-5-16/h9-10,16-17H,2-8,11-14H2,1H3,(H,22,28)/t17-/m1/s1. The minimum absolute atomic E-state index is 0.0599. The molecule has 0 spiro atoms. The van der Waals surface area contributed by atoms with Crippen molar-refractivity contribution in [3.8, 4) is 0 Å². The van der Waals surface area contributed by atoms with Crippen LogP contribution in [-0.2, 0) is 16.1 Å². The molecule has 2 aromatic heterocycles. The van der Waals surface area contributed by atoms with Crippen molar-refractivity contribution in [2.75, 3.05) is 19.6 Å². The summed E-state index contributed by atoms with van der Waals surface area (Å²) in [5.74, 6) is 1.15. The summed E-state index contributed by atoms with van der Waals surface area (Å²) in [5, 5.41) is 7.57. The van der Waals surface area contributed by atoms with E-state index in [0.29, 0.717) is 26.1 Å². The second kappa shape index (κ2) is 8.88. The lowest BCUT2D eigenvalue weighted by Crippen LogP contribution is -2.28. The Morgan fingerprint density at radius 1 is 1.17 bits per heavy atom. The van der Waals surface area contributed by atoms with Crippen molar-refractivity contribution in [3.63, 3.8) is 0 Å². The fourth-order valence-electron chi connectivity index (χ4n) is 4.69. The maximum atomic E-state index is 12.7. The van der Waals surface area contributed by atoms with Crippen LogP contribution in [0.15, 0.2) is 12.4 Å². The van der Waals surface area contributed by atoms with Crippen LogP contribution in [0.4, 0.5) is 0 Å². The number of aromatic nitrogens is 4. The highest BCUT2D eigenvalue weighted by Crippen LogP contribution is 2.32. The molecule has 29 heavy (non-hydrogen) atoms. The summed E-state index contributed by atoms with van der Waals surface area (Å²) >= 11 is 0. The molecule has 3 heterocycles. The van der Waals surface area contributed by atoms with E-state index in [2.05, 4.69) is 15.3 Å². The number of likely N-dealkylation sites (tertiary alicyclic amines) is 1. The Hall–Kier alpha value is -2.51. The molecule has 4 rings (SSSR count). The predicted octanol–water partition coefficient (Wildman–Crippen LogP) is 2.25. The van der Waals surface area contributed by atoms with Crippen molar-refractivity contribution >= 4 is 23.0 Å². The molecule has 156 valence electrons. The third-order valence-corrected chi connectivity index (χ3v) is 6.26. The smallest absolute Gasteiger partial charge is 0.222 e. The minimum atomic E-state index is -0.0599. The lowest BCUT2D eigenvalue weighted by atomic mass is 10.0. The van der Waals surface area contributed by atoms with E-state index < -0.39 is 0 Å². The first-order chi connectivity index (χ1) is 14.1. The van der Waals surface area contributed by atoms with Crippen LogP contribution in [0.3, 0.4) is 0 Å². The number of hydrogen-bond donors (Lipinski definition) is 1. The largest absolute Gasteiger partial charge is 0.354 e. The Morgan fingerprint density at radius 3 is 2.76 bits per heavy atom. The van der Waals surface area contributed by atoms with E-state index in [-0.39, 0.29) is 17.7 Å². The van der Waals surface area contributed by atoms with E-state index in [1.807, 2.05) is 9.58 Å². The predicted molar refractivity (Wildman–Crippen MR) is 109 cm³/mol. The number of nitrogens with one attached hydrogen (secondary N) is 1. The van der Waals surface area contributed by atoms with Crippen molar-refractivity contribution in [3.05, 3.63) is 18.1 Å². The van der Waals surface area contributed by atoms with Crippen LogP contribution in [0, 0.1) is 5.92 Å². The van der Waals surface area contributed by atoms with Crippen LogP contribution in [0.2, 0.25) is 0 Å². The van der Waals surface area contributed by atoms with E-state index >= 15 is 0 Å². The third kappa shape index (κ3) is 4.57. The molecular formula is C21H30N6O2. The monoisotopic (exact) mass is 398 g/mol. The molecular weight excluding hydrogens is 368 g/mol. The Kier molecular flexibility index (Phi) is 6.06. The zero-order chi connectivity index (χ0) is 20.2. The van der Waals surface area contributed by atoms with E-state index in [0.717, 1.165) is 42.2 Å². The van der Waals surface area contributed by atoms with Gasteiger partial charge in [-0.15, -0.1) is 0 Å². The normalized spacial score (nSPS) is 19.9. The molecule has 0 bridgehead atoms. The summed E-state index contributed by atoms with van der Waals surface area (Å²) in [5.41, 5.74) is 2.46. The first kappa shape index (κ1) is 19.8. The SMILES string of the molecule is CC(=O)NCCn1nc([C@@H]2CCN(C(=O)CCC3CCCC3)C2)c2nccnc21. The van der Waals surface area contributed by atoms with Gasteiger partial charge >= 0.3 is 0 Å². The molecule has 8 nitrogen and oxygen atoms in total.